The summed E-state index contributed by atoms with van der Waals surface area (Å²) < 4.78 is 5.60. The van der Waals surface area contributed by atoms with Crippen molar-refractivity contribution in [1.29, 1.82) is 0 Å². The van der Waals surface area contributed by atoms with Gasteiger partial charge in [-0.05, 0) is 30.4 Å². The molecule has 1 saturated carbocycles. The van der Waals surface area contributed by atoms with Gasteiger partial charge in [0.1, 0.15) is 5.75 Å². The molecule has 0 amide bonds. The average Bonchev–Trinajstić information content (AvgIpc) is 2.81. The van der Waals surface area contributed by atoms with Gasteiger partial charge in [0.2, 0.25) is 0 Å². The number of para-hydroxylation sites is 1. The van der Waals surface area contributed by atoms with Crippen LogP contribution in [0.4, 0.5) is 0 Å². The molecule has 12 heavy (non-hydrogen) atoms. The number of benzene rings is 1. The summed E-state index contributed by atoms with van der Waals surface area (Å²) in [5, 5.41) is 0. The van der Waals surface area contributed by atoms with E-state index in [9.17, 15) is 0 Å². The van der Waals surface area contributed by atoms with Gasteiger partial charge < -0.3 is 4.74 Å². The van der Waals surface area contributed by atoms with Gasteiger partial charge in [-0.25, -0.2) is 0 Å². The van der Waals surface area contributed by atoms with Crippen molar-refractivity contribution in [3.05, 3.63) is 30.3 Å². The van der Waals surface area contributed by atoms with Crippen molar-refractivity contribution in [2.75, 3.05) is 6.61 Å². The molecule has 0 aromatic heterocycles. The van der Waals surface area contributed by atoms with Crippen molar-refractivity contribution in [3.63, 3.8) is 0 Å². The molecule has 1 aromatic rings. The Labute approximate surface area is 73.4 Å². The van der Waals surface area contributed by atoms with Gasteiger partial charge in [-0.15, -0.1) is 0 Å². The Morgan fingerprint density at radius 3 is 2.58 bits per heavy atom. The normalized spacial score (nSPS) is 26.8. The van der Waals surface area contributed by atoms with Crippen LogP contribution in [-0.4, -0.2) is 6.61 Å². The lowest BCUT2D eigenvalue weighted by atomic mass is 10.3. The van der Waals surface area contributed by atoms with E-state index < -0.39 is 0 Å². The van der Waals surface area contributed by atoms with E-state index in [2.05, 4.69) is 6.92 Å². The zero-order chi connectivity index (χ0) is 8.39. The highest BCUT2D eigenvalue weighted by molar-refractivity contribution is 5.20. The second kappa shape index (κ2) is 3.18. The minimum atomic E-state index is 0.810. The van der Waals surface area contributed by atoms with Crippen molar-refractivity contribution in [3.8, 4) is 5.75 Å². The molecule has 0 radical (unpaired) electrons. The van der Waals surface area contributed by atoms with Gasteiger partial charge in [-0.2, -0.15) is 0 Å². The lowest BCUT2D eigenvalue weighted by molar-refractivity contribution is 0.293. The lowest BCUT2D eigenvalue weighted by Gasteiger charge is -2.03. The van der Waals surface area contributed by atoms with Gasteiger partial charge >= 0.3 is 0 Å². The van der Waals surface area contributed by atoms with Gasteiger partial charge in [-0.3, -0.25) is 0 Å². The van der Waals surface area contributed by atoms with Crippen LogP contribution in [0.1, 0.15) is 13.3 Å². The summed E-state index contributed by atoms with van der Waals surface area (Å²) in [6, 6.07) is 10.0. The number of ether oxygens (including phenoxy) is 1. The second-order valence-electron chi connectivity index (χ2n) is 3.60. The zero-order valence-corrected chi connectivity index (χ0v) is 7.36. The van der Waals surface area contributed by atoms with Gasteiger partial charge in [0, 0.05) is 0 Å². The molecule has 1 heteroatoms. The Balaban J connectivity index is 1.80. The Hall–Kier alpha value is -0.980. The topological polar surface area (TPSA) is 9.23 Å². The third-order valence-corrected chi connectivity index (χ3v) is 2.48. The van der Waals surface area contributed by atoms with E-state index in [-0.39, 0.29) is 0 Å². The highest BCUT2D eigenvalue weighted by Gasteiger charge is 2.32. The predicted octanol–water partition coefficient (Wildman–Crippen LogP) is 2.72. The fourth-order valence-electron chi connectivity index (χ4n) is 1.35. The van der Waals surface area contributed by atoms with Crippen molar-refractivity contribution in [1.82, 2.24) is 0 Å². The molecule has 0 aliphatic heterocycles. The predicted molar refractivity (Wildman–Crippen MR) is 49.2 cm³/mol. The maximum atomic E-state index is 5.60. The fourth-order valence-corrected chi connectivity index (χ4v) is 1.35. The van der Waals surface area contributed by atoms with Gasteiger partial charge in [-0.1, -0.05) is 25.1 Å². The minimum absolute atomic E-state index is 0.810. The maximum absolute atomic E-state index is 5.60. The fraction of sp³-hybridized carbons (Fsp3) is 0.455. The van der Waals surface area contributed by atoms with E-state index in [1.807, 2.05) is 30.3 Å². The highest BCUT2D eigenvalue weighted by Crippen LogP contribution is 2.37. The lowest BCUT2D eigenvalue weighted by Crippen LogP contribution is -1.99. The molecule has 0 N–H and O–H groups in total. The van der Waals surface area contributed by atoms with Crippen LogP contribution in [0.3, 0.4) is 0 Å². The summed E-state index contributed by atoms with van der Waals surface area (Å²) in [6.07, 6.45) is 1.34. The Kier molecular flexibility index (Phi) is 2.03. The molecule has 1 fully saturated rings. The van der Waals surface area contributed by atoms with Crippen LogP contribution < -0.4 is 4.74 Å². The van der Waals surface area contributed by atoms with E-state index in [0.29, 0.717) is 0 Å². The molecular weight excluding hydrogens is 148 g/mol. The first-order valence-corrected chi connectivity index (χ1v) is 4.54. The summed E-state index contributed by atoms with van der Waals surface area (Å²) in [5.41, 5.74) is 0. The van der Waals surface area contributed by atoms with Crippen LogP contribution in [-0.2, 0) is 0 Å². The molecule has 1 aliphatic carbocycles. The molecule has 1 nitrogen and oxygen atoms in total. The third kappa shape index (κ3) is 1.79. The molecule has 0 spiro atoms. The van der Waals surface area contributed by atoms with E-state index in [1.165, 1.54) is 6.42 Å². The monoisotopic (exact) mass is 162 g/mol. The molecule has 1 aliphatic rings. The maximum Gasteiger partial charge on any atom is 0.119 e. The zero-order valence-electron chi connectivity index (χ0n) is 7.36. The molecule has 0 heterocycles. The van der Waals surface area contributed by atoms with Crippen LogP contribution in [0, 0.1) is 11.8 Å². The number of rotatable bonds is 3. The van der Waals surface area contributed by atoms with E-state index in [0.717, 1.165) is 24.2 Å². The Morgan fingerprint density at radius 1 is 1.33 bits per heavy atom. The largest absolute Gasteiger partial charge is 0.493 e. The van der Waals surface area contributed by atoms with Gasteiger partial charge in [0.25, 0.3) is 0 Å². The summed E-state index contributed by atoms with van der Waals surface area (Å²) in [4.78, 5) is 0. The SMILES string of the molecule is C[C@H]1C[C@@H]1COc1ccccc1. The minimum Gasteiger partial charge on any atom is -0.493 e. The van der Waals surface area contributed by atoms with Crippen LogP contribution in [0.5, 0.6) is 5.75 Å². The summed E-state index contributed by atoms with van der Waals surface area (Å²) in [5.74, 6) is 2.69. The van der Waals surface area contributed by atoms with E-state index in [1.54, 1.807) is 0 Å². The summed E-state index contributed by atoms with van der Waals surface area (Å²) >= 11 is 0. The summed E-state index contributed by atoms with van der Waals surface area (Å²) in [7, 11) is 0. The second-order valence-corrected chi connectivity index (χ2v) is 3.60. The van der Waals surface area contributed by atoms with E-state index >= 15 is 0 Å². The molecular formula is C11H14O. The molecule has 0 bridgehead atoms. The Morgan fingerprint density at radius 2 is 2.00 bits per heavy atom. The van der Waals surface area contributed by atoms with Crippen LogP contribution in [0.15, 0.2) is 30.3 Å². The number of hydrogen-bond acceptors (Lipinski definition) is 1. The number of hydrogen-bond donors (Lipinski definition) is 0. The molecule has 1 aromatic carbocycles. The molecule has 2 rings (SSSR count). The van der Waals surface area contributed by atoms with Crippen LogP contribution in [0.25, 0.3) is 0 Å². The Bertz CT molecular complexity index is 242. The summed E-state index contributed by atoms with van der Waals surface area (Å²) in [6.45, 7) is 3.17. The first-order valence-electron chi connectivity index (χ1n) is 4.54. The van der Waals surface area contributed by atoms with Crippen LogP contribution in [0.2, 0.25) is 0 Å². The van der Waals surface area contributed by atoms with E-state index in [4.69, 9.17) is 4.74 Å². The van der Waals surface area contributed by atoms with Gasteiger partial charge in [0.05, 0.1) is 6.61 Å². The first kappa shape index (κ1) is 7.66. The van der Waals surface area contributed by atoms with Gasteiger partial charge in [0.15, 0.2) is 0 Å². The molecule has 0 unspecified atom stereocenters. The molecule has 64 valence electrons. The quantitative estimate of drug-likeness (QED) is 0.664. The van der Waals surface area contributed by atoms with Crippen molar-refractivity contribution >= 4 is 0 Å². The average molecular weight is 162 g/mol. The van der Waals surface area contributed by atoms with Crippen molar-refractivity contribution < 1.29 is 4.74 Å². The molecule has 0 saturated heterocycles. The van der Waals surface area contributed by atoms with Crippen LogP contribution >= 0.6 is 0 Å². The highest BCUT2D eigenvalue weighted by atomic mass is 16.5. The smallest absolute Gasteiger partial charge is 0.119 e. The standard InChI is InChI=1S/C11H14O/c1-9-7-10(9)8-12-11-5-3-2-4-6-11/h2-6,9-10H,7-8H2,1H3/t9-,10+/m0/s1. The molecule has 2 atom stereocenters. The van der Waals surface area contributed by atoms with Crippen molar-refractivity contribution in [2.24, 2.45) is 11.8 Å². The third-order valence-electron chi connectivity index (χ3n) is 2.48. The van der Waals surface area contributed by atoms with Crippen molar-refractivity contribution in [2.45, 2.75) is 13.3 Å². The first-order chi connectivity index (χ1) is 5.86.